The standard InChI is InChI=1S/C58H49N3/c1-57(2)52-26-23-44(33-51(52)50-20-12-19-49(53(50)57)41-21-24-48(25-22-41)58-34-37-27-38(35-58)29-39(28-37)36-58)46-30-45(40-13-6-3-7-14-40)31-47(32-46)56-60-54(42-15-8-4-9-16-42)59-55(61-56)43-17-10-5-11-18-43/h3-26,30-33,37-39H,27-29,34-36H2,1-2H3. The van der Waals surface area contributed by atoms with Gasteiger partial charge in [-0.1, -0.05) is 159 Å². The lowest BCUT2D eigenvalue weighted by Gasteiger charge is -2.57. The molecule has 0 unspecified atom stereocenters. The summed E-state index contributed by atoms with van der Waals surface area (Å²) in [6.45, 7) is 4.82. The Morgan fingerprint density at radius 1 is 0.377 bits per heavy atom. The van der Waals surface area contributed by atoms with E-state index in [0.29, 0.717) is 22.9 Å². The van der Waals surface area contributed by atoms with E-state index in [2.05, 4.69) is 147 Å². The molecule has 5 aliphatic carbocycles. The summed E-state index contributed by atoms with van der Waals surface area (Å²) in [7, 11) is 0. The molecule has 7 aromatic carbocycles. The van der Waals surface area contributed by atoms with Gasteiger partial charge in [-0.15, -0.1) is 0 Å². The van der Waals surface area contributed by atoms with Crippen LogP contribution in [-0.2, 0) is 10.8 Å². The largest absolute Gasteiger partial charge is 0.208 e. The van der Waals surface area contributed by atoms with Gasteiger partial charge in [0.05, 0.1) is 0 Å². The Balaban J connectivity index is 0.958. The predicted octanol–water partition coefficient (Wildman–Crippen LogP) is 14.6. The Kier molecular flexibility index (Phi) is 8.39. The Labute approximate surface area is 359 Å². The molecule has 0 saturated heterocycles. The number of fused-ring (bicyclic) bond motifs is 3. The summed E-state index contributed by atoms with van der Waals surface area (Å²) in [5.74, 6) is 4.81. The molecule has 0 atom stereocenters. The summed E-state index contributed by atoms with van der Waals surface area (Å²) in [5.41, 5.74) is 17.4. The van der Waals surface area contributed by atoms with Crippen molar-refractivity contribution < 1.29 is 0 Å². The van der Waals surface area contributed by atoms with E-state index in [1.807, 2.05) is 36.4 Å². The fourth-order valence-corrected chi connectivity index (χ4v) is 12.4. The zero-order valence-corrected chi connectivity index (χ0v) is 35.0. The molecule has 4 fully saturated rings. The molecule has 0 spiro atoms. The minimum atomic E-state index is -0.151. The minimum absolute atomic E-state index is 0.151. The third-order valence-electron chi connectivity index (χ3n) is 14.9. The number of benzene rings is 7. The van der Waals surface area contributed by atoms with E-state index >= 15 is 0 Å². The second-order valence-corrected chi connectivity index (χ2v) is 19.1. The molecular formula is C58H49N3. The normalized spacial score (nSPS) is 21.6. The first-order valence-electron chi connectivity index (χ1n) is 22.3. The summed E-state index contributed by atoms with van der Waals surface area (Å²) in [6, 6.07) is 61.9. The van der Waals surface area contributed by atoms with Gasteiger partial charge >= 0.3 is 0 Å². The van der Waals surface area contributed by atoms with E-state index in [1.165, 1.54) is 77.5 Å². The van der Waals surface area contributed by atoms with Crippen molar-refractivity contribution in [1.82, 2.24) is 15.0 Å². The highest BCUT2D eigenvalue weighted by Gasteiger charge is 2.51. The van der Waals surface area contributed by atoms with E-state index in [0.717, 1.165) is 51.1 Å². The maximum absolute atomic E-state index is 5.14. The number of rotatable bonds is 7. The van der Waals surface area contributed by atoms with E-state index < -0.39 is 0 Å². The molecule has 8 aromatic rings. The molecule has 61 heavy (non-hydrogen) atoms. The summed E-state index contributed by atoms with van der Waals surface area (Å²) in [6.07, 6.45) is 8.65. The third-order valence-corrected chi connectivity index (χ3v) is 14.9. The molecule has 4 bridgehead atoms. The lowest BCUT2D eigenvalue weighted by molar-refractivity contribution is -0.00518. The van der Waals surface area contributed by atoms with Gasteiger partial charge in [0.25, 0.3) is 0 Å². The minimum Gasteiger partial charge on any atom is -0.208 e. The van der Waals surface area contributed by atoms with Crippen LogP contribution in [0.4, 0.5) is 0 Å². The number of nitrogens with zero attached hydrogens (tertiary/aromatic N) is 3. The molecule has 0 amide bonds. The van der Waals surface area contributed by atoms with Crippen LogP contribution in [0, 0.1) is 17.8 Å². The Morgan fingerprint density at radius 2 is 0.852 bits per heavy atom. The first kappa shape index (κ1) is 36.4. The third kappa shape index (κ3) is 6.20. The molecule has 0 N–H and O–H groups in total. The van der Waals surface area contributed by atoms with Gasteiger partial charge in [-0.25, -0.2) is 15.0 Å². The van der Waals surface area contributed by atoms with Gasteiger partial charge in [0.2, 0.25) is 0 Å². The monoisotopic (exact) mass is 787 g/mol. The van der Waals surface area contributed by atoms with Crippen molar-refractivity contribution in [3.05, 3.63) is 187 Å². The maximum atomic E-state index is 5.14. The Morgan fingerprint density at radius 3 is 1.43 bits per heavy atom. The van der Waals surface area contributed by atoms with Gasteiger partial charge in [-0.3, -0.25) is 0 Å². The molecule has 1 heterocycles. The van der Waals surface area contributed by atoms with Crippen molar-refractivity contribution in [3.8, 4) is 78.7 Å². The van der Waals surface area contributed by atoms with Gasteiger partial charge < -0.3 is 0 Å². The number of hydrogen-bond donors (Lipinski definition) is 0. The summed E-state index contributed by atoms with van der Waals surface area (Å²) in [5, 5.41) is 0. The highest BCUT2D eigenvalue weighted by atomic mass is 15.0. The number of hydrogen-bond acceptors (Lipinski definition) is 3. The zero-order chi connectivity index (χ0) is 40.7. The summed E-state index contributed by atoms with van der Waals surface area (Å²) in [4.78, 5) is 15.3. The van der Waals surface area contributed by atoms with Crippen LogP contribution in [0.5, 0.6) is 0 Å². The van der Waals surface area contributed by atoms with Crippen LogP contribution in [0.3, 0.4) is 0 Å². The average molecular weight is 788 g/mol. The van der Waals surface area contributed by atoms with Gasteiger partial charge in [-0.05, 0) is 147 Å². The van der Waals surface area contributed by atoms with Crippen molar-refractivity contribution in [2.24, 2.45) is 17.8 Å². The van der Waals surface area contributed by atoms with E-state index in [9.17, 15) is 0 Å². The average Bonchev–Trinajstić information content (AvgIpc) is 3.54. The van der Waals surface area contributed by atoms with Crippen LogP contribution in [0.2, 0.25) is 0 Å². The highest BCUT2D eigenvalue weighted by Crippen LogP contribution is 2.61. The molecule has 3 heteroatoms. The fraction of sp³-hybridized carbons (Fsp3) is 0.224. The quantitative estimate of drug-likeness (QED) is 0.161. The maximum Gasteiger partial charge on any atom is 0.164 e. The lowest BCUT2D eigenvalue weighted by atomic mass is 9.48. The van der Waals surface area contributed by atoms with Crippen LogP contribution >= 0.6 is 0 Å². The zero-order valence-electron chi connectivity index (χ0n) is 35.0. The molecule has 0 aliphatic heterocycles. The topological polar surface area (TPSA) is 38.7 Å². The van der Waals surface area contributed by atoms with Crippen LogP contribution in [0.25, 0.3) is 78.7 Å². The molecule has 296 valence electrons. The van der Waals surface area contributed by atoms with Crippen LogP contribution in [0.1, 0.15) is 69.1 Å². The van der Waals surface area contributed by atoms with Crippen LogP contribution in [-0.4, -0.2) is 15.0 Å². The number of aromatic nitrogens is 3. The summed E-state index contributed by atoms with van der Waals surface area (Å²) < 4.78 is 0. The van der Waals surface area contributed by atoms with Crippen molar-refractivity contribution in [1.29, 1.82) is 0 Å². The molecule has 1 aromatic heterocycles. The molecular weight excluding hydrogens is 739 g/mol. The predicted molar refractivity (Wildman–Crippen MR) is 250 cm³/mol. The molecule has 5 aliphatic rings. The second-order valence-electron chi connectivity index (χ2n) is 19.1. The SMILES string of the molecule is CC1(C)c2ccc(-c3cc(-c4ccccc4)cc(-c4nc(-c5ccccc5)nc(-c5ccccc5)n4)c3)cc2-c2cccc(-c3ccc(C45CC6CC(CC(C6)C4)C5)cc3)c21. The molecule has 4 saturated carbocycles. The smallest absolute Gasteiger partial charge is 0.164 e. The Bertz CT molecular complexity index is 2860. The lowest BCUT2D eigenvalue weighted by Crippen LogP contribution is -2.48. The molecule has 13 rings (SSSR count). The van der Waals surface area contributed by atoms with Crippen molar-refractivity contribution in [2.45, 2.75) is 63.2 Å². The molecule has 0 radical (unpaired) electrons. The van der Waals surface area contributed by atoms with Crippen molar-refractivity contribution in [2.75, 3.05) is 0 Å². The van der Waals surface area contributed by atoms with Crippen LogP contribution in [0.15, 0.2) is 170 Å². The van der Waals surface area contributed by atoms with E-state index in [4.69, 9.17) is 15.0 Å². The van der Waals surface area contributed by atoms with Gasteiger partial charge in [0.15, 0.2) is 17.5 Å². The highest BCUT2D eigenvalue weighted by molar-refractivity contribution is 5.91. The van der Waals surface area contributed by atoms with Gasteiger partial charge in [-0.2, -0.15) is 0 Å². The first-order chi connectivity index (χ1) is 29.9. The van der Waals surface area contributed by atoms with E-state index in [1.54, 1.807) is 5.56 Å². The van der Waals surface area contributed by atoms with Gasteiger partial charge in [0, 0.05) is 22.1 Å². The van der Waals surface area contributed by atoms with E-state index in [-0.39, 0.29) is 5.41 Å². The summed E-state index contributed by atoms with van der Waals surface area (Å²) >= 11 is 0. The first-order valence-corrected chi connectivity index (χ1v) is 22.3. The fourth-order valence-electron chi connectivity index (χ4n) is 12.4. The van der Waals surface area contributed by atoms with Crippen molar-refractivity contribution in [3.63, 3.8) is 0 Å². The van der Waals surface area contributed by atoms with Crippen molar-refractivity contribution >= 4 is 0 Å². The van der Waals surface area contributed by atoms with Crippen LogP contribution < -0.4 is 0 Å². The van der Waals surface area contributed by atoms with Gasteiger partial charge in [0.1, 0.15) is 0 Å². The molecule has 3 nitrogen and oxygen atoms in total. The second kappa shape index (κ2) is 14.1. The Hall–Kier alpha value is -6.45.